The number of aromatic amines is 1. The minimum absolute atomic E-state index is 0.361. The number of aromatic nitrogens is 2. The number of nitrogens with zero attached hydrogens (tertiary/aromatic N) is 2. The molecule has 7 nitrogen and oxygen atoms in total. The maximum Gasteiger partial charge on any atom is 0.439 e. The van der Waals surface area contributed by atoms with Crippen LogP contribution in [-0.4, -0.2) is 30.0 Å². The van der Waals surface area contributed by atoms with E-state index in [1.54, 1.807) is 37.4 Å². The predicted molar refractivity (Wildman–Crippen MR) is 109 cm³/mol. The van der Waals surface area contributed by atoms with Gasteiger partial charge in [-0.15, -0.1) is 0 Å². The molecule has 150 valence electrons. The van der Waals surface area contributed by atoms with Gasteiger partial charge in [-0.25, -0.2) is 9.89 Å². The van der Waals surface area contributed by atoms with Gasteiger partial charge in [0.2, 0.25) is 5.88 Å². The van der Waals surface area contributed by atoms with E-state index in [0.717, 1.165) is 18.4 Å². The fourth-order valence-corrected chi connectivity index (χ4v) is 2.55. The van der Waals surface area contributed by atoms with Crippen molar-refractivity contribution in [2.45, 2.75) is 19.8 Å². The first kappa shape index (κ1) is 20.1. The number of methoxy groups -OCH3 is 1. The molecule has 29 heavy (non-hydrogen) atoms. The Morgan fingerprint density at radius 3 is 2.48 bits per heavy atom. The molecule has 0 radical (unpaired) electrons. The molecule has 0 saturated heterocycles. The lowest BCUT2D eigenvalue weighted by Gasteiger charge is -2.07. The average molecular weight is 393 g/mol. The summed E-state index contributed by atoms with van der Waals surface area (Å²) < 4.78 is 16.1. The maximum atomic E-state index is 12.4. The Bertz CT molecular complexity index is 999. The third-order valence-electron chi connectivity index (χ3n) is 4.07. The molecule has 0 aliphatic rings. The van der Waals surface area contributed by atoms with Gasteiger partial charge in [-0.05, 0) is 30.7 Å². The summed E-state index contributed by atoms with van der Waals surface area (Å²) in [5.41, 5.74) is 1.35. The summed E-state index contributed by atoms with van der Waals surface area (Å²) in [7, 11) is 1.57. The summed E-state index contributed by atoms with van der Waals surface area (Å²) in [6, 6.07) is 17.8. The topological polar surface area (TPSA) is 85.8 Å². The van der Waals surface area contributed by atoms with Crippen molar-refractivity contribution in [2.24, 2.45) is 4.99 Å². The number of nitrogens with one attached hydrogen (secondary N) is 1. The zero-order valence-electron chi connectivity index (χ0n) is 16.4. The minimum atomic E-state index is -0.750. The number of carbonyl (C=O) groups is 1. The Kier molecular flexibility index (Phi) is 7.00. The average Bonchev–Trinajstić information content (AvgIpc) is 2.75. The molecule has 1 aromatic heterocycles. The van der Waals surface area contributed by atoms with Gasteiger partial charge in [0.15, 0.2) is 0 Å². The van der Waals surface area contributed by atoms with E-state index in [4.69, 9.17) is 14.2 Å². The molecule has 0 aliphatic carbocycles. The van der Waals surface area contributed by atoms with Crippen LogP contribution in [0.3, 0.4) is 0 Å². The molecule has 0 spiro atoms. The smallest absolute Gasteiger partial charge is 0.439 e. The second-order valence-corrected chi connectivity index (χ2v) is 6.19. The Balaban J connectivity index is 1.90. The Labute approximate surface area is 169 Å². The lowest BCUT2D eigenvalue weighted by Crippen LogP contribution is -2.16. The van der Waals surface area contributed by atoms with E-state index < -0.39 is 6.09 Å². The second kappa shape index (κ2) is 10.1. The summed E-state index contributed by atoms with van der Waals surface area (Å²) in [4.78, 5) is 16.5. The third-order valence-corrected chi connectivity index (χ3v) is 4.07. The fraction of sp³-hybridized carbons (Fsp3) is 0.227. The standard InChI is InChI=1S/C22H23N3O4/c1-3-4-14-28-20-15-19(21(25-24-20)16-8-6-5-7-9-16)23-22(26)29-18-12-10-17(27-2)11-13-18/h5-13,15H,3-4,14H2,1-2H3,(H,23,24,26). The summed E-state index contributed by atoms with van der Waals surface area (Å²) >= 11 is 0. The van der Waals surface area contributed by atoms with Crippen LogP contribution in [0, 0.1) is 0 Å². The number of unbranched alkanes of at least 4 members (excludes halogenated alkanes) is 1. The van der Waals surface area contributed by atoms with Gasteiger partial charge in [-0.2, -0.15) is 10.1 Å². The largest absolute Gasteiger partial charge is 0.497 e. The van der Waals surface area contributed by atoms with Crippen molar-refractivity contribution >= 4 is 6.09 Å². The van der Waals surface area contributed by atoms with Crippen LogP contribution in [-0.2, 0) is 0 Å². The van der Waals surface area contributed by atoms with Crippen LogP contribution >= 0.6 is 0 Å². The molecule has 1 amide bonds. The van der Waals surface area contributed by atoms with Crippen molar-refractivity contribution in [2.75, 3.05) is 13.7 Å². The Morgan fingerprint density at radius 1 is 1.07 bits per heavy atom. The van der Waals surface area contributed by atoms with Crippen molar-refractivity contribution in [3.63, 3.8) is 0 Å². The van der Waals surface area contributed by atoms with Crippen LogP contribution < -0.4 is 19.6 Å². The zero-order chi connectivity index (χ0) is 20.5. The molecule has 1 N–H and O–H groups in total. The number of H-pyrrole nitrogens is 1. The van der Waals surface area contributed by atoms with Crippen LogP contribution in [0.4, 0.5) is 4.79 Å². The van der Waals surface area contributed by atoms with Crippen LogP contribution in [0.5, 0.6) is 17.4 Å². The highest BCUT2D eigenvalue weighted by Crippen LogP contribution is 2.18. The molecular weight excluding hydrogens is 370 g/mol. The fourth-order valence-electron chi connectivity index (χ4n) is 2.55. The van der Waals surface area contributed by atoms with Crippen molar-refractivity contribution in [3.05, 3.63) is 66.0 Å². The predicted octanol–water partition coefficient (Wildman–Crippen LogP) is 4.36. The molecule has 3 rings (SSSR count). The first-order chi connectivity index (χ1) is 14.2. The van der Waals surface area contributed by atoms with Gasteiger partial charge in [0.05, 0.1) is 13.7 Å². The number of carbonyl (C=O) groups excluding carboxylic acids is 1. The van der Waals surface area contributed by atoms with E-state index in [2.05, 4.69) is 22.1 Å². The quantitative estimate of drug-likeness (QED) is 0.603. The lowest BCUT2D eigenvalue weighted by molar-refractivity contribution is 0.210. The molecule has 0 saturated carbocycles. The van der Waals surface area contributed by atoms with Crippen molar-refractivity contribution in [3.8, 4) is 28.6 Å². The number of ether oxygens (including phenoxy) is 3. The van der Waals surface area contributed by atoms with E-state index in [1.807, 2.05) is 30.3 Å². The van der Waals surface area contributed by atoms with Crippen LogP contribution in [0.15, 0.2) is 65.7 Å². The summed E-state index contributed by atoms with van der Waals surface area (Å²) in [5.74, 6) is 1.48. The van der Waals surface area contributed by atoms with Crippen molar-refractivity contribution < 1.29 is 19.0 Å². The molecule has 0 unspecified atom stereocenters. The van der Waals surface area contributed by atoms with Crippen molar-refractivity contribution in [1.82, 2.24) is 10.2 Å². The van der Waals surface area contributed by atoms with Gasteiger partial charge in [-0.3, -0.25) is 0 Å². The number of hydrogen-bond donors (Lipinski definition) is 1. The Hall–Kier alpha value is -3.61. The van der Waals surface area contributed by atoms with Crippen LogP contribution in [0.25, 0.3) is 11.3 Å². The first-order valence-electron chi connectivity index (χ1n) is 9.38. The highest BCUT2D eigenvalue weighted by molar-refractivity contribution is 5.72. The first-order valence-corrected chi connectivity index (χ1v) is 9.38. The summed E-state index contributed by atoms with van der Waals surface area (Å²) in [6.07, 6.45) is 1.18. The van der Waals surface area contributed by atoms with E-state index >= 15 is 0 Å². The van der Waals surface area contributed by atoms with E-state index in [0.29, 0.717) is 35.0 Å². The molecule has 0 bridgehead atoms. The van der Waals surface area contributed by atoms with Gasteiger partial charge in [0.25, 0.3) is 0 Å². The van der Waals surface area contributed by atoms with E-state index in [-0.39, 0.29) is 0 Å². The lowest BCUT2D eigenvalue weighted by atomic mass is 10.1. The molecule has 3 aromatic rings. The van der Waals surface area contributed by atoms with Gasteiger partial charge in [0.1, 0.15) is 22.6 Å². The number of hydrogen-bond acceptors (Lipinski definition) is 5. The normalized spacial score (nSPS) is 11.2. The second-order valence-electron chi connectivity index (χ2n) is 6.19. The molecular formula is C22H23N3O4. The molecule has 0 atom stereocenters. The third kappa shape index (κ3) is 5.68. The molecule has 1 heterocycles. The van der Waals surface area contributed by atoms with Gasteiger partial charge in [-0.1, -0.05) is 43.7 Å². The number of rotatable bonds is 7. The van der Waals surface area contributed by atoms with E-state index in [1.165, 1.54) is 0 Å². The highest BCUT2D eigenvalue weighted by Gasteiger charge is 2.09. The van der Waals surface area contributed by atoms with Gasteiger partial charge in [0, 0.05) is 11.6 Å². The zero-order valence-corrected chi connectivity index (χ0v) is 16.4. The molecule has 2 aromatic carbocycles. The summed E-state index contributed by atoms with van der Waals surface area (Å²) in [5, 5.41) is 7.58. The van der Waals surface area contributed by atoms with Gasteiger partial charge >= 0.3 is 6.09 Å². The van der Waals surface area contributed by atoms with E-state index in [9.17, 15) is 4.79 Å². The summed E-state index contributed by atoms with van der Waals surface area (Å²) in [6.45, 7) is 2.63. The van der Waals surface area contributed by atoms with Crippen LogP contribution in [0.1, 0.15) is 19.8 Å². The monoisotopic (exact) mass is 393 g/mol. The SMILES string of the molecule is CCCCOc1cc(=NC(=O)Oc2ccc(OC)cc2)c(-c2ccccc2)n[nH]1. The number of amides is 1. The Morgan fingerprint density at radius 2 is 1.79 bits per heavy atom. The maximum absolute atomic E-state index is 12.4. The minimum Gasteiger partial charge on any atom is -0.497 e. The molecule has 0 aliphatic heterocycles. The number of benzene rings is 2. The van der Waals surface area contributed by atoms with Crippen molar-refractivity contribution in [1.29, 1.82) is 0 Å². The van der Waals surface area contributed by atoms with Crippen LogP contribution in [0.2, 0.25) is 0 Å². The van der Waals surface area contributed by atoms with Gasteiger partial charge < -0.3 is 14.2 Å². The molecule has 7 heteroatoms. The molecule has 0 fully saturated rings. The highest BCUT2D eigenvalue weighted by atomic mass is 16.5.